The van der Waals surface area contributed by atoms with E-state index in [1.54, 1.807) is 0 Å². The van der Waals surface area contributed by atoms with E-state index in [1.165, 1.54) is 70.9 Å². The van der Waals surface area contributed by atoms with E-state index in [4.69, 9.17) is 0 Å². The Morgan fingerprint density at radius 3 is 1.88 bits per heavy atom. The highest BCUT2D eigenvalue weighted by Gasteiger charge is 1.94. The first-order chi connectivity index (χ1) is 7.77. The fraction of sp³-hybridized carbons (Fsp3) is 1.00. The molecule has 1 nitrogen and oxygen atoms in total. The number of unbranched alkanes of at least 4 members (excludes halogenated alkanes) is 7. The number of nitrogens with one attached hydrogen (secondary N) is 1. The third-order valence-electron chi connectivity index (χ3n) is 3.11. The molecule has 16 heavy (non-hydrogen) atoms. The molecular weight excluding hydrogens is 194 g/mol. The first-order valence-electron chi connectivity index (χ1n) is 7.48. The highest BCUT2D eigenvalue weighted by molar-refractivity contribution is 4.52. The van der Waals surface area contributed by atoms with Crippen LogP contribution in [-0.2, 0) is 0 Å². The average Bonchev–Trinajstić information content (AvgIpc) is 2.25. The first-order valence-corrected chi connectivity index (χ1v) is 7.48. The van der Waals surface area contributed by atoms with Crippen LogP contribution in [0.2, 0.25) is 0 Å². The molecule has 1 N–H and O–H groups in total. The van der Waals surface area contributed by atoms with Crippen LogP contribution in [0, 0.1) is 5.92 Å². The third-order valence-corrected chi connectivity index (χ3v) is 3.11. The van der Waals surface area contributed by atoms with E-state index < -0.39 is 0 Å². The SMILES string of the molecule is CCCCCCCCCCNCCC(C)C. The maximum Gasteiger partial charge on any atom is -0.00465 e. The van der Waals surface area contributed by atoms with Gasteiger partial charge in [0.2, 0.25) is 0 Å². The van der Waals surface area contributed by atoms with Gasteiger partial charge < -0.3 is 5.32 Å². The minimum atomic E-state index is 0.839. The zero-order chi connectivity index (χ0) is 12.1. The molecule has 0 rings (SSSR count). The van der Waals surface area contributed by atoms with Gasteiger partial charge in [-0.3, -0.25) is 0 Å². The van der Waals surface area contributed by atoms with Crippen LogP contribution in [0.5, 0.6) is 0 Å². The zero-order valence-electron chi connectivity index (χ0n) is 11.9. The van der Waals surface area contributed by atoms with Gasteiger partial charge in [0.25, 0.3) is 0 Å². The summed E-state index contributed by atoms with van der Waals surface area (Å²) in [4.78, 5) is 0. The van der Waals surface area contributed by atoms with Gasteiger partial charge in [0.1, 0.15) is 0 Å². The van der Waals surface area contributed by atoms with Crippen LogP contribution >= 0.6 is 0 Å². The van der Waals surface area contributed by atoms with Crippen molar-refractivity contribution in [1.29, 1.82) is 0 Å². The monoisotopic (exact) mass is 227 g/mol. The Labute approximate surface area is 103 Å². The lowest BCUT2D eigenvalue weighted by Crippen LogP contribution is -2.17. The fourth-order valence-corrected chi connectivity index (χ4v) is 1.90. The predicted octanol–water partition coefficient (Wildman–Crippen LogP) is 4.76. The van der Waals surface area contributed by atoms with Crippen molar-refractivity contribution in [1.82, 2.24) is 5.32 Å². The number of hydrogen-bond acceptors (Lipinski definition) is 1. The van der Waals surface area contributed by atoms with Gasteiger partial charge in [-0.05, 0) is 31.8 Å². The van der Waals surface area contributed by atoms with Crippen molar-refractivity contribution < 1.29 is 0 Å². The van der Waals surface area contributed by atoms with Crippen molar-refractivity contribution in [3.05, 3.63) is 0 Å². The molecule has 1 heteroatoms. The van der Waals surface area contributed by atoms with Crippen molar-refractivity contribution in [2.24, 2.45) is 5.92 Å². The Kier molecular flexibility index (Phi) is 13.0. The largest absolute Gasteiger partial charge is 0.317 e. The quantitative estimate of drug-likeness (QED) is 0.474. The summed E-state index contributed by atoms with van der Waals surface area (Å²) in [6.45, 7) is 9.29. The topological polar surface area (TPSA) is 12.0 Å². The number of rotatable bonds is 12. The van der Waals surface area contributed by atoms with Crippen molar-refractivity contribution in [3.63, 3.8) is 0 Å². The van der Waals surface area contributed by atoms with Gasteiger partial charge in [-0.1, -0.05) is 65.7 Å². The molecule has 0 atom stereocenters. The van der Waals surface area contributed by atoms with E-state index in [-0.39, 0.29) is 0 Å². The molecule has 0 heterocycles. The molecule has 0 aromatic rings. The summed E-state index contributed by atoms with van der Waals surface area (Å²) >= 11 is 0. The van der Waals surface area contributed by atoms with Crippen molar-refractivity contribution in [3.8, 4) is 0 Å². The summed E-state index contributed by atoms with van der Waals surface area (Å²) in [7, 11) is 0. The van der Waals surface area contributed by atoms with E-state index in [0.717, 1.165) is 5.92 Å². The molecular formula is C15H33N. The summed E-state index contributed by atoms with van der Waals surface area (Å²) in [6, 6.07) is 0. The molecule has 0 aliphatic carbocycles. The average molecular weight is 227 g/mol. The normalized spacial score (nSPS) is 11.2. The van der Waals surface area contributed by atoms with Crippen LogP contribution in [-0.4, -0.2) is 13.1 Å². The van der Waals surface area contributed by atoms with Gasteiger partial charge >= 0.3 is 0 Å². The molecule has 0 aromatic carbocycles. The second kappa shape index (κ2) is 13.0. The Balaban J connectivity index is 2.88. The molecule has 0 unspecified atom stereocenters. The van der Waals surface area contributed by atoms with Gasteiger partial charge in [0.15, 0.2) is 0 Å². The fourth-order valence-electron chi connectivity index (χ4n) is 1.90. The van der Waals surface area contributed by atoms with Crippen molar-refractivity contribution in [2.75, 3.05) is 13.1 Å². The van der Waals surface area contributed by atoms with Crippen LogP contribution in [0.15, 0.2) is 0 Å². The molecule has 0 bridgehead atoms. The van der Waals surface area contributed by atoms with E-state index in [9.17, 15) is 0 Å². The van der Waals surface area contributed by atoms with Gasteiger partial charge in [0, 0.05) is 0 Å². The molecule has 98 valence electrons. The van der Waals surface area contributed by atoms with Crippen molar-refractivity contribution in [2.45, 2.75) is 78.6 Å². The zero-order valence-corrected chi connectivity index (χ0v) is 11.9. The van der Waals surface area contributed by atoms with Crippen LogP contribution in [0.1, 0.15) is 78.6 Å². The standard InChI is InChI=1S/C15H33N/c1-4-5-6-7-8-9-10-11-13-16-14-12-15(2)3/h15-16H,4-14H2,1-3H3. The first kappa shape index (κ1) is 16.0. The van der Waals surface area contributed by atoms with Gasteiger partial charge in [-0.25, -0.2) is 0 Å². The smallest absolute Gasteiger partial charge is 0.00465 e. The molecule has 0 saturated carbocycles. The summed E-state index contributed by atoms with van der Waals surface area (Å²) in [6.07, 6.45) is 12.7. The highest BCUT2D eigenvalue weighted by atomic mass is 14.8. The predicted molar refractivity (Wildman–Crippen MR) is 74.9 cm³/mol. The molecule has 0 spiro atoms. The molecule has 0 fully saturated rings. The van der Waals surface area contributed by atoms with Crippen LogP contribution in [0.3, 0.4) is 0 Å². The second-order valence-electron chi connectivity index (χ2n) is 5.41. The molecule has 0 aliphatic heterocycles. The summed E-state index contributed by atoms with van der Waals surface area (Å²) in [5.74, 6) is 0.839. The van der Waals surface area contributed by atoms with E-state index >= 15 is 0 Å². The minimum Gasteiger partial charge on any atom is -0.317 e. The highest BCUT2D eigenvalue weighted by Crippen LogP contribution is 2.07. The Morgan fingerprint density at radius 2 is 1.31 bits per heavy atom. The molecule has 0 amide bonds. The van der Waals surface area contributed by atoms with Crippen LogP contribution in [0.25, 0.3) is 0 Å². The van der Waals surface area contributed by atoms with E-state index in [2.05, 4.69) is 26.1 Å². The van der Waals surface area contributed by atoms with Gasteiger partial charge in [-0.15, -0.1) is 0 Å². The lowest BCUT2D eigenvalue weighted by atomic mass is 10.1. The van der Waals surface area contributed by atoms with Crippen LogP contribution < -0.4 is 5.32 Å². The summed E-state index contributed by atoms with van der Waals surface area (Å²) in [5, 5.41) is 3.53. The molecule has 0 aromatic heterocycles. The lowest BCUT2D eigenvalue weighted by Gasteiger charge is -2.06. The minimum absolute atomic E-state index is 0.839. The summed E-state index contributed by atoms with van der Waals surface area (Å²) < 4.78 is 0. The second-order valence-corrected chi connectivity index (χ2v) is 5.41. The molecule has 0 radical (unpaired) electrons. The third kappa shape index (κ3) is 14.0. The van der Waals surface area contributed by atoms with Gasteiger partial charge in [-0.2, -0.15) is 0 Å². The van der Waals surface area contributed by atoms with Gasteiger partial charge in [0.05, 0.1) is 0 Å². The summed E-state index contributed by atoms with van der Waals surface area (Å²) in [5.41, 5.74) is 0. The van der Waals surface area contributed by atoms with E-state index in [1.807, 2.05) is 0 Å². The lowest BCUT2D eigenvalue weighted by molar-refractivity contribution is 0.515. The maximum atomic E-state index is 3.53. The Bertz CT molecular complexity index is 121. The molecule has 0 saturated heterocycles. The molecule has 0 aliphatic rings. The van der Waals surface area contributed by atoms with Crippen LogP contribution in [0.4, 0.5) is 0 Å². The maximum absolute atomic E-state index is 3.53. The van der Waals surface area contributed by atoms with Crippen molar-refractivity contribution >= 4 is 0 Å². The Hall–Kier alpha value is -0.0400. The van der Waals surface area contributed by atoms with E-state index in [0.29, 0.717) is 0 Å². The number of hydrogen-bond donors (Lipinski definition) is 1. The Morgan fingerprint density at radius 1 is 0.750 bits per heavy atom.